The zero-order valence-corrected chi connectivity index (χ0v) is 12.9. The highest BCUT2D eigenvalue weighted by molar-refractivity contribution is 4.94. The van der Waals surface area contributed by atoms with Gasteiger partial charge in [-0.05, 0) is 38.6 Å². The molecule has 2 nitrogen and oxygen atoms in total. The minimum absolute atomic E-state index is 0.771. The Bertz CT molecular complexity index is 249. The maximum Gasteiger partial charge on any atom is 0.0224 e. The lowest BCUT2D eigenvalue weighted by molar-refractivity contribution is 0.00420. The minimum atomic E-state index is 0.771. The summed E-state index contributed by atoms with van der Waals surface area (Å²) in [5.74, 6) is 0.881. The molecule has 2 heterocycles. The molecular weight excluding hydrogens is 220 g/mol. The van der Waals surface area contributed by atoms with E-state index in [1.54, 1.807) is 0 Å². The lowest BCUT2D eigenvalue weighted by Crippen LogP contribution is -2.59. The van der Waals surface area contributed by atoms with Crippen LogP contribution in [-0.4, -0.2) is 47.6 Å². The summed E-state index contributed by atoms with van der Waals surface area (Å²) in [5.41, 5.74) is 0. The van der Waals surface area contributed by atoms with Gasteiger partial charge in [0.15, 0.2) is 0 Å². The van der Waals surface area contributed by atoms with Crippen LogP contribution in [0.4, 0.5) is 0 Å². The summed E-state index contributed by atoms with van der Waals surface area (Å²) in [6.45, 7) is 13.6. The first-order valence-corrected chi connectivity index (χ1v) is 8.20. The second-order valence-corrected chi connectivity index (χ2v) is 6.37. The molecule has 0 aromatic rings. The van der Waals surface area contributed by atoms with Crippen LogP contribution in [0.5, 0.6) is 0 Å². The average molecular weight is 252 g/mol. The molecule has 106 valence electrons. The van der Waals surface area contributed by atoms with Gasteiger partial charge < -0.3 is 0 Å². The molecule has 2 rings (SSSR count). The maximum absolute atomic E-state index is 2.85. The van der Waals surface area contributed by atoms with E-state index in [0.717, 1.165) is 24.0 Å². The summed E-state index contributed by atoms with van der Waals surface area (Å²) < 4.78 is 0. The largest absolute Gasteiger partial charge is 0.298 e. The molecule has 2 aliphatic rings. The first-order valence-electron chi connectivity index (χ1n) is 8.20. The molecule has 0 bridgehead atoms. The molecule has 0 aliphatic carbocycles. The molecule has 0 spiro atoms. The second kappa shape index (κ2) is 6.38. The summed E-state index contributed by atoms with van der Waals surface area (Å²) in [6.07, 6.45) is 6.84. The first-order chi connectivity index (χ1) is 8.71. The minimum Gasteiger partial charge on any atom is -0.298 e. The average Bonchev–Trinajstić information content (AvgIpc) is 2.85. The molecular formula is C16H32N2. The van der Waals surface area contributed by atoms with Crippen molar-refractivity contribution in [3.63, 3.8) is 0 Å². The Labute approximate surface area is 114 Å². The summed E-state index contributed by atoms with van der Waals surface area (Å²) in [6, 6.07) is 2.44. The number of rotatable bonds is 5. The van der Waals surface area contributed by atoms with Gasteiger partial charge in [-0.15, -0.1) is 0 Å². The van der Waals surface area contributed by atoms with Crippen molar-refractivity contribution in [2.24, 2.45) is 5.92 Å². The van der Waals surface area contributed by atoms with E-state index in [2.05, 4.69) is 37.5 Å². The van der Waals surface area contributed by atoms with Crippen molar-refractivity contribution < 1.29 is 0 Å². The van der Waals surface area contributed by atoms with Gasteiger partial charge in [-0.25, -0.2) is 0 Å². The summed E-state index contributed by atoms with van der Waals surface area (Å²) >= 11 is 0. The Balaban J connectivity index is 2.04. The third kappa shape index (κ3) is 2.75. The fraction of sp³-hybridized carbons (Fsp3) is 1.00. The normalized spacial score (nSPS) is 31.8. The Morgan fingerprint density at radius 1 is 1.11 bits per heavy atom. The Morgan fingerprint density at radius 3 is 2.44 bits per heavy atom. The van der Waals surface area contributed by atoms with Crippen molar-refractivity contribution in [2.45, 2.75) is 77.9 Å². The van der Waals surface area contributed by atoms with Gasteiger partial charge in [-0.2, -0.15) is 0 Å². The van der Waals surface area contributed by atoms with Gasteiger partial charge >= 0.3 is 0 Å². The van der Waals surface area contributed by atoms with E-state index in [4.69, 9.17) is 0 Å². The lowest BCUT2D eigenvalue weighted by Gasteiger charge is -2.48. The topological polar surface area (TPSA) is 6.48 Å². The van der Waals surface area contributed by atoms with Gasteiger partial charge in [-0.1, -0.05) is 33.6 Å². The van der Waals surface area contributed by atoms with Crippen molar-refractivity contribution in [3.8, 4) is 0 Å². The van der Waals surface area contributed by atoms with E-state index < -0.39 is 0 Å². The SMILES string of the molecule is CCC(CC)C(C)N1CC2CCCN2CC1CC. The van der Waals surface area contributed by atoms with Gasteiger partial charge in [-0.3, -0.25) is 9.80 Å². The van der Waals surface area contributed by atoms with Crippen LogP contribution < -0.4 is 0 Å². The smallest absolute Gasteiger partial charge is 0.0224 e. The number of hydrogen-bond donors (Lipinski definition) is 0. The summed E-state index contributed by atoms with van der Waals surface area (Å²) in [5, 5.41) is 0. The molecule has 0 radical (unpaired) electrons. The molecule has 18 heavy (non-hydrogen) atoms. The monoisotopic (exact) mass is 252 g/mol. The van der Waals surface area contributed by atoms with Crippen LogP contribution in [0.1, 0.15) is 59.8 Å². The van der Waals surface area contributed by atoms with Crippen molar-refractivity contribution in [1.82, 2.24) is 9.80 Å². The van der Waals surface area contributed by atoms with E-state index >= 15 is 0 Å². The van der Waals surface area contributed by atoms with Gasteiger partial charge in [0.05, 0.1) is 0 Å². The van der Waals surface area contributed by atoms with Crippen molar-refractivity contribution in [3.05, 3.63) is 0 Å². The van der Waals surface area contributed by atoms with Gasteiger partial charge in [0.2, 0.25) is 0 Å². The highest BCUT2D eigenvalue weighted by atomic mass is 15.3. The standard InChI is InChI=1S/C16H32N2/c1-5-14(6-2)13(4)18-12-16-9-8-10-17(16)11-15(18)7-3/h13-16H,5-12H2,1-4H3. The molecule has 0 N–H and O–H groups in total. The number of nitrogens with zero attached hydrogens (tertiary/aromatic N) is 2. The fourth-order valence-corrected chi connectivity index (χ4v) is 4.21. The number of piperazine rings is 1. The molecule has 2 aliphatic heterocycles. The Hall–Kier alpha value is -0.0800. The van der Waals surface area contributed by atoms with Crippen molar-refractivity contribution >= 4 is 0 Å². The molecule has 0 amide bonds. The van der Waals surface area contributed by atoms with Crippen LogP contribution in [0.2, 0.25) is 0 Å². The highest BCUT2D eigenvalue weighted by Crippen LogP contribution is 2.30. The molecule has 2 fully saturated rings. The zero-order valence-electron chi connectivity index (χ0n) is 12.9. The van der Waals surface area contributed by atoms with Crippen LogP contribution in [0.3, 0.4) is 0 Å². The van der Waals surface area contributed by atoms with E-state index in [-0.39, 0.29) is 0 Å². The first kappa shape index (κ1) is 14.3. The summed E-state index contributed by atoms with van der Waals surface area (Å²) in [7, 11) is 0. The van der Waals surface area contributed by atoms with Gasteiger partial charge in [0, 0.05) is 31.2 Å². The van der Waals surface area contributed by atoms with Crippen LogP contribution in [0, 0.1) is 5.92 Å². The highest BCUT2D eigenvalue weighted by Gasteiger charge is 2.38. The predicted octanol–water partition coefficient (Wildman–Crippen LogP) is 3.37. The fourth-order valence-electron chi connectivity index (χ4n) is 4.21. The maximum atomic E-state index is 2.85. The van der Waals surface area contributed by atoms with E-state index in [0.29, 0.717) is 0 Å². The molecule has 2 saturated heterocycles. The number of hydrogen-bond acceptors (Lipinski definition) is 2. The molecule has 3 atom stereocenters. The quantitative estimate of drug-likeness (QED) is 0.740. The van der Waals surface area contributed by atoms with Crippen molar-refractivity contribution in [1.29, 1.82) is 0 Å². The molecule has 0 aromatic heterocycles. The van der Waals surface area contributed by atoms with Crippen LogP contribution in [-0.2, 0) is 0 Å². The number of fused-ring (bicyclic) bond motifs is 1. The van der Waals surface area contributed by atoms with Crippen LogP contribution >= 0.6 is 0 Å². The Morgan fingerprint density at radius 2 is 1.83 bits per heavy atom. The third-order valence-electron chi connectivity index (χ3n) is 5.56. The molecule has 0 aromatic carbocycles. The van der Waals surface area contributed by atoms with Crippen LogP contribution in [0.25, 0.3) is 0 Å². The van der Waals surface area contributed by atoms with E-state index in [1.807, 2.05) is 0 Å². The Kier molecular flexibility index (Phi) is 5.08. The van der Waals surface area contributed by atoms with Crippen molar-refractivity contribution in [2.75, 3.05) is 19.6 Å². The zero-order chi connectivity index (χ0) is 13.1. The van der Waals surface area contributed by atoms with Crippen LogP contribution in [0.15, 0.2) is 0 Å². The van der Waals surface area contributed by atoms with E-state index in [9.17, 15) is 0 Å². The molecule has 0 saturated carbocycles. The third-order valence-corrected chi connectivity index (χ3v) is 5.56. The molecule has 2 heteroatoms. The predicted molar refractivity (Wildman–Crippen MR) is 78.9 cm³/mol. The van der Waals surface area contributed by atoms with Gasteiger partial charge in [0.25, 0.3) is 0 Å². The summed E-state index contributed by atoms with van der Waals surface area (Å²) in [4.78, 5) is 5.61. The second-order valence-electron chi connectivity index (χ2n) is 6.37. The van der Waals surface area contributed by atoms with Gasteiger partial charge in [0.1, 0.15) is 0 Å². The molecule has 3 unspecified atom stereocenters. The lowest BCUT2D eigenvalue weighted by atomic mass is 9.91. The van der Waals surface area contributed by atoms with E-state index in [1.165, 1.54) is 51.7 Å².